The predicted molar refractivity (Wildman–Crippen MR) is 59.0 cm³/mol. The van der Waals surface area contributed by atoms with Gasteiger partial charge in [-0.15, -0.1) is 0 Å². The van der Waals surface area contributed by atoms with E-state index in [1.807, 2.05) is 19.4 Å². The van der Waals surface area contributed by atoms with E-state index < -0.39 is 0 Å². The molecule has 1 heterocycles. The number of allylic oxidation sites excluding steroid dienone is 1. The van der Waals surface area contributed by atoms with Gasteiger partial charge in [-0.2, -0.15) is 0 Å². The van der Waals surface area contributed by atoms with Crippen LogP contribution in [0.1, 0.15) is 25.6 Å². The van der Waals surface area contributed by atoms with Crippen LogP contribution in [0.2, 0.25) is 0 Å². The van der Waals surface area contributed by atoms with Gasteiger partial charge in [0.2, 0.25) is 0 Å². The van der Waals surface area contributed by atoms with Gasteiger partial charge in [0, 0.05) is 25.9 Å². The molecule has 0 fully saturated rings. The molecule has 0 saturated heterocycles. The van der Waals surface area contributed by atoms with Crippen LogP contribution in [0.5, 0.6) is 0 Å². The number of imidazole rings is 1. The van der Waals surface area contributed by atoms with Gasteiger partial charge in [-0.1, -0.05) is 11.6 Å². The van der Waals surface area contributed by atoms with E-state index in [9.17, 15) is 0 Å². The Morgan fingerprint density at radius 3 is 3.00 bits per heavy atom. The first kappa shape index (κ1) is 11.0. The second-order valence-corrected chi connectivity index (χ2v) is 3.58. The van der Waals surface area contributed by atoms with Crippen LogP contribution in [0.3, 0.4) is 0 Å². The Balaban J connectivity index is 2.37. The number of hydrogen-bond acceptors (Lipinski definition) is 2. The normalized spacial score (nSPS) is 12.1. The van der Waals surface area contributed by atoms with Gasteiger partial charge in [0.1, 0.15) is 5.82 Å². The molecule has 14 heavy (non-hydrogen) atoms. The van der Waals surface area contributed by atoms with Crippen LogP contribution in [-0.2, 0) is 13.5 Å². The minimum absolute atomic E-state index is 0.736. The number of aryl methyl sites for hydroxylation is 2. The highest BCUT2D eigenvalue weighted by Gasteiger charge is 1.98. The fourth-order valence-corrected chi connectivity index (χ4v) is 1.38. The Labute approximate surface area is 85.6 Å². The molecule has 0 aromatic carbocycles. The summed E-state index contributed by atoms with van der Waals surface area (Å²) in [6.07, 6.45) is 9.10. The van der Waals surface area contributed by atoms with E-state index in [0.717, 1.165) is 31.6 Å². The second kappa shape index (κ2) is 5.60. The van der Waals surface area contributed by atoms with Gasteiger partial charge in [0.25, 0.3) is 0 Å². The Kier molecular flexibility index (Phi) is 4.40. The van der Waals surface area contributed by atoms with Crippen molar-refractivity contribution in [3.8, 4) is 0 Å². The standard InChI is InChI=1S/C11H19N3/c1-10(4-3-7-12)5-6-11-13-8-9-14(11)2/h4,8-9H,3,5-7,12H2,1-2H3/b10-4-. The summed E-state index contributed by atoms with van der Waals surface area (Å²) in [4.78, 5) is 4.28. The summed E-state index contributed by atoms with van der Waals surface area (Å²) in [5, 5.41) is 0. The maximum absolute atomic E-state index is 5.43. The van der Waals surface area contributed by atoms with Gasteiger partial charge >= 0.3 is 0 Å². The lowest BCUT2D eigenvalue weighted by molar-refractivity contribution is 0.765. The van der Waals surface area contributed by atoms with Gasteiger partial charge < -0.3 is 10.3 Å². The zero-order valence-corrected chi connectivity index (χ0v) is 9.03. The average molecular weight is 193 g/mol. The molecular weight excluding hydrogens is 174 g/mol. The first-order valence-electron chi connectivity index (χ1n) is 5.06. The number of rotatable bonds is 5. The molecule has 1 aromatic rings. The van der Waals surface area contributed by atoms with Gasteiger partial charge in [-0.05, 0) is 26.3 Å². The van der Waals surface area contributed by atoms with Gasteiger partial charge in [-0.25, -0.2) is 4.98 Å². The minimum atomic E-state index is 0.736. The largest absolute Gasteiger partial charge is 0.338 e. The summed E-state index contributed by atoms with van der Waals surface area (Å²) < 4.78 is 2.07. The topological polar surface area (TPSA) is 43.8 Å². The molecule has 1 aromatic heterocycles. The summed E-state index contributed by atoms with van der Waals surface area (Å²) >= 11 is 0. The molecule has 3 heteroatoms. The van der Waals surface area contributed by atoms with Crippen molar-refractivity contribution in [2.45, 2.75) is 26.2 Å². The van der Waals surface area contributed by atoms with Crippen LogP contribution in [0, 0.1) is 0 Å². The Hall–Kier alpha value is -1.09. The van der Waals surface area contributed by atoms with Crippen molar-refractivity contribution >= 4 is 0 Å². The van der Waals surface area contributed by atoms with Crippen LogP contribution < -0.4 is 5.73 Å². The minimum Gasteiger partial charge on any atom is -0.338 e. The highest BCUT2D eigenvalue weighted by molar-refractivity contribution is 5.02. The molecule has 0 spiro atoms. The van der Waals surface area contributed by atoms with Gasteiger partial charge in [0.15, 0.2) is 0 Å². The van der Waals surface area contributed by atoms with E-state index in [-0.39, 0.29) is 0 Å². The Bertz CT molecular complexity index is 299. The maximum Gasteiger partial charge on any atom is 0.108 e. The number of aromatic nitrogens is 2. The van der Waals surface area contributed by atoms with Gasteiger partial charge in [0.05, 0.1) is 0 Å². The monoisotopic (exact) mass is 193 g/mol. The lowest BCUT2D eigenvalue weighted by atomic mass is 10.1. The van der Waals surface area contributed by atoms with E-state index in [1.165, 1.54) is 5.57 Å². The molecule has 0 bridgehead atoms. The van der Waals surface area contributed by atoms with E-state index in [2.05, 4.69) is 22.6 Å². The van der Waals surface area contributed by atoms with Crippen LogP contribution in [0.15, 0.2) is 24.0 Å². The van der Waals surface area contributed by atoms with Crippen molar-refractivity contribution in [1.82, 2.24) is 9.55 Å². The number of nitrogens with two attached hydrogens (primary N) is 1. The number of nitrogens with zero attached hydrogens (tertiary/aromatic N) is 2. The number of hydrogen-bond donors (Lipinski definition) is 1. The van der Waals surface area contributed by atoms with Crippen molar-refractivity contribution in [2.24, 2.45) is 12.8 Å². The SMILES string of the molecule is C/C(=C/CCN)CCc1nccn1C. The van der Waals surface area contributed by atoms with Crippen LogP contribution in [0.4, 0.5) is 0 Å². The Morgan fingerprint density at radius 1 is 1.64 bits per heavy atom. The zero-order valence-electron chi connectivity index (χ0n) is 9.03. The third kappa shape index (κ3) is 3.34. The van der Waals surface area contributed by atoms with Crippen molar-refractivity contribution in [3.63, 3.8) is 0 Å². The van der Waals surface area contributed by atoms with Crippen molar-refractivity contribution < 1.29 is 0 Å². The molecule has 0 aliphatic heterocycles. The quantitative estimate of drug-likeness (QED) is 0.723. The van der Waals surface area contributed by atoms with E-state index in [4.69, 9.17) is 5.73 Å². The van der Waals surface area contributed by atoms with Crippen LogP contribution >= 0.6 is 0 Å². The summed E-state index contributed by atoms with van der Waals surface area (Å²) in [6, 6.07) is 0. The molecule has 0 unspecified atom stereocenters. The Morgan fingerprint density at radius 2 is 2.43 bits per heavy atom. The van der Waals surface area contributed by atoms with Crippen LogP contribution in [0.25, 0.3) is 0 Å². The first-order chi connectivity index (χ1) is 6.74. The molecule has 0 saturated carbocycles. The summed E-state index contributed by atoms with van der Waals surface area (Å²) in [5.41, 5.74) is 6.83. The maximum atomic E-state index is 5.43. The molecule has 0 radical (unpaired) electrons. The third-order valence-corrected chi connectivity index (χ3v) is 2.32. The molecule has 0 amide bonds. The highest BCUT2D eigenvalue weighted by Crippen LogP contribution is 2.07. The van der Waals surface area contributed by atoms with E-state index >= 15 is 0 Å². The molecule has 3 nitrogen and oxygen atoms in total. The highest BCUT2D eigenvalue weighted by atomic mass is 15.0. The molecule has 78 valence electrons. The molecule has 2 N–H and O–H groups in total. The first-order valence-corrected chi connectivity index (χ1v) is 5.06. The third-order valence-electron chi connectivity index (χ3n) is 2.32. The van der Waals surface area contributed by atoms with Crippen molar-refractivity contribution in [1.29, 1.82) is 0 Å². The fourth-order valence-electron chi connectivity index (χ4n) is 1.38. The van der Waals surface area contributed by atoms with Crippen LogP contribution in [-0.4, -0.2) is 16.1 Å². The lowest BCUT2D eigenvalue weighted by Gasteiger charge is -2.02. The molecule has 0 atom stereocenters. The van der Waals surface area contributed by atoms with Gasteiger partial charge in [-0.3, -0.25) is 0 Å². The average Bonchev–Trinajstić information content (AvgIpc) is 2.58. The summed E-state index contributed by atoms with van der Waals surface area (Å²) in [5.74, 6) is 1.14. The van der Waals surface area contributed by atoms with Crippen molar-refractivity contribution in [3.05, 3.63) is 29.9 Å². The fraction of sp³-hybridized carbons (Fsp3) is 0.545. The molecule has 1 rings (SSSR count). The molecular formula is C11H19N3. The summed E-state index contributed by atoms with van der Waals surface area (Å²) in [6.45, 7) is 2.89. The van der Waals surface area contributed by atoms with Crippen molar-refractivity contribution in [2.75, 3.05) is 6.54 Å². The second-order valence-electron chi connectivity index (χ2n) is 3.58. The predicted octanol–water partition coefficient (Wildman–Crippen LogP) is 1.65. The summed E-state index contributed by atoms with van der Waals surface area (Å²) in [7, 11) is 2.03. The van der Waals surface area contributed by atoms with E-state index in [0.29, 0.717) is 0 Å². The lowest BCUT2D eigenvalue weighted by Crippen LogP contribution is -1.99. The zero-order chi connectivity index (χ0) is 10.4. The molecule has 0 aliphatic carbocycles. The molecule has 0 aliphatic rings. The van der Waals surface area contributed by atoms with E-state index in [1.54, 1.807) is 0 Å². The smallest absolute Gasteiger partial charge is 0.108 e.